The van der Waals surface area contributed by atoms with Crippen LogP contribution >= 0.6 is 0 Å². The molecule has 0 bridgehead atoms. The maximum atomic E-state index is 2.47. The monoisotopic (exact) mass is 180 g/mol. The molecule has 4 atom stereocenters. The number of rotatable bonds is 2. The van der Waals surface area contributed by atoms with Crippen LogP contribution in [0.1, 0.15) is 53.4 Å². The van der Waals surface area contributed by atoms with Gasteiger partial charge in [-0.2, -0.15) is 0 Å². The minimum absolute atomic E-state index is 0.608. The molecule has 0 aromatic carbocycles. The molecule has 2 saturated carbocycles. The molecule has 2 aliphatic rings. The maximum absolute atomic E-state index is 2.47. The molecule has 0 spiro atoms. The predicted octanol–water partition coefficient (Wildman–Crippen LogP) is 4.10. The van der Waals surface area contributed by atoms with Crippen LogP contribution in [-0.4, -0.2) is 0 Å². The largest absolute Gasteiger partial charge is 0.0649 e. The minimum Gasteiger partial charge on any atom is -0.0649 e. The predicted molar refractivity (Wildman–Crippen MR) is 57.6 cm³/mol. The van der Waals surface area contributed by atoms with Crippen molar-refractivity contribution in [2.24, 2.45) is 29.1 Å². The molecule has 0 heterocycles. The van der Waals surface area contributed by atoms with E-state index < -0.39 is 0 Å². The van der Waals surface area contributed by atoms with Gasteiger partial charge in [-0.15, -0.1) is 0 Å². The Kier molecular flexibility index (Phi) is 2.20. The van der Waals surface area contributed by atoms with Gasteiger partial charge in [-0.3, -0.25) is 0 Å². The molecule has 4 unspecified atom stereocenters. The number of hydrogen-bond donors (Lipinski definition) is 0. The second-order valence-electron chi connectivity index (χ2n) is 6.15. The normalized spacial score (nSPS) is 44.3. The van der Waals surface area contributed by atoms with E-state index >= 15 is 0 Å². The van der Waals surface area contributed by atoms with Crippen molar-refractivity contribution < 1.29 is 0 Å². The molecule has 0 aliphatic heterocycles. The first-order valence-electron chi connectivity index (χ1n) is 6.04. The standard InChI is InChI=1S/C13H24/c1-5-13(3,4)11-7-10-6-9(2)12(10)8-11/h9-12H,5-8H2,1-4H3. The summed E-state index contributed by atoms with van der Waals surface area (Å²) in [5.41, 5.74) is 0.608. The third kappa shape index (κ3) is 1.43. The molecule has 13 heavy (non-hydrogen) atoms. The molecule has 0 saturated heterocycles. The first kappa shape index (κ1) is 9.55. The van der Waals surface area contributed by atoms with Crippen LogP contribution in [0.4, 0.5) is 0 Å². The number of hydrogen-bond acceptors (Lipinski definition) is 0. The molecule has 0 nitrogen and oxygen atoms in total. The van der Waals surface area contributed by atoms with E-state index in [1.54, 1.807) is 0 Å². The molecule has 0 heteroatoms. The summed E-state index contributed by atoms with van der Waals surface area (Å²) in [7, 11) is 0. The van der Waals surface area contributed by atoms with Crippen molar-refractivity contribution in [2.45, 2.75) is 53.4 Å². The lowest BCUT2D eigenvalue weighted by Crippen LogP contribution is -2.29. The van der Waals surface area contributed by atoms with Crippen molar-refractivity contribution in [3.05, 3.63) is 0 Å². The van der Waals surface area contributed by atoms with Gasteiger partial charge in [0.2, 0.25) is 0 Å². The maximum Gasteiger partial charge on any atom is -0.0328 e. The zero-order valence-electron chi connectivity index (χ0n) is 9.64. The fourth-order valence-corrected chi connectivity index (χ4v) is 3.51. The summed E-state index contributed by atoms with van der Waals surface area (Å²) in [6, 6.07) is 0. The minimum atomic E-state index is 0.608. The fraction of sp³-hybridized carbons (Fsp3) is 1.00. The van der Waals surface area contributed by atoms with E-state index in [1.807, 2.05) is 0 Å². The molecule has 0 N–H and O–H groups in total. The molecule has 0 aromatic rings. The summed E-state index contributed by atoms with van der Waals surface area (Å²) in [6.45, 7) is 9.73. The van der Waals surface area contributed by atoms with Gasteiger partial charge in [-0.05, 0) is 48.3 Å². The van der Waals surface area contributed by atoms with Crippen LogP contribution in [-0.2, 0) is 0 Å². The Labute approximate surface area is 83.1 Å². The highest BCUT2D eigenvalue weighted by atomic mass is 14.5. The Bertz CT molecular complexity index is 192. The quantitative estimate of drug-likeness (QED) is 0.600. The SMILES string of the molecule is CCC(C)(C)C1CC2CC(C)C2C1. The van der Waals surface area contributed by atoms with E-state index in [2.05, 4.69) is 27.7 Å². The highest BCUT2D eigenvalue weighted by molar-refractivity contribution is 4.98. The van der Waals surface area contributed by atoms with Crippen molar-refractivity contribution in [1.29, 1.82) is 0 Å². The zero-order chi connectivity index (χ0) is 9.64. The lowest BCUT2D eigenvalue weighted by atomic mass is 9.68. The Hall–Kier alpha value is 0. The highest BCUT2D eigenvalue weighted by Gasteiger charge is 2.48. The Morgan fingerprint density at radius 2 is 1.85 bits per heavy atom. The summed E-state index contributed by atoms with van der Waals surface area (Å²) >= 11 is 0. The Morgan fingerprint density at radius 3 is 2.31 bits per heavy atom. The van der Waals surface area contributed by atoms with Crippen LogP contribution in [0.5, 0.6) is 0 Å². The van der Waals surface area contributed by atoms with E-state index in [9.17, 15) is 0 Å². The summed E-state index contributed by atoms with van der Waals surface area (Å²) < 4.78 is 0. The number of fused-ring (bicyclic) bond motifs is 1. The molecule has 2 rings (SSSR count). The zero-order valence-corrected chi connectivity index (χ0v) is 9.64. The molecular weight excluding hydrogens is 156 g/mol. The topological polar surface area (TPSA) is 0 Å². The molecule has 2 fully saturated rings. The molecule has 0 radical (unpaired) electrons. The van der Waals surface area contributed by atoms with Crippen LogP contribution in [0, 0.1) is 29.1 Å². The van der Waals surface area contributed by atoms with Gasteiger partial charge in [0, 0.05) is 0 Å². The lowest BCUT2D eigenvalue weighted by molar-refractivity contribution is 0.120. The van der Waals surface area contributed by atoms with Gasteiger partial charge in [0.15, 0.2) is 0 Å². The van der Waals surface area contributed by atoms with E-state index in [-0.39, 0.29) is 0 Å². The van der Waals surface area contributed by atoms with Gasteiger partial charge >= 0.3 is 0 Å². The Balaban J connectivity index is 1.98. The summed E-state index contributed by atoms with van der Waals surface area (Å²) in [5.74, 6) is 4.29. The third-order valence-electron chi connectivity index (χ3n) is 5.17. The average molecular weight is 180 g/mol. The smallest absolute Gasteiger partial charge is 0.0328 e. The van der Waals surface area contributed by atoms with Crippen LogP contribution < -0.4 is 0 Å². The van der Waals surface area contributed by atoms with Gasteiger partial charge in [-0.1, -0.05) is 34.1 Å². The van der Waals surface area contributed by atoms with Crippen molar-refractivity contribution >= 4 is 0 Å². The summed E-state index contributed by atoms with van der Waals surface area (Å²) in [6.07, 6.45) is 5.95. The van der Waals surface area contributed by atoms with Gasteiger partial charge in [0.05, 0.1) is 0 Å². The van der Waals surface area contributed by atoms with Crippen LogP contribution in [0.15, 0.2) is 0 Å². The first-order chi connectivity index (χ1) is 6.04. The van der Waals surface area contributed by atoms with E-state index in [0.717, 1.165) is 23.7 Å². The van der Waals surface area contributed by atoms with Crippen molar-refractivity contribution in [1.82, 2.24) is 0 Å². The van der Waals surface area contributed by atoms with E-state index in [0.29, 0.717) is 5.41 Å². The van der Waals surface area contributed by atoms with E-state index in [1.165, 1.54) is 25.7 Å². The van der Waals surface area contributed by atoms with Crippen LogP contribution in [0.3, 0.4) is 0 Å². The van der Waals surface area contributed by atoms with Gasteiger partial charge < -0.3 is 0 Å². The summed E-state index contributed by atoms with van der Waals surface area (Å²) in [4.78, 5) is 0. The molecular formula is C13H24. The van der Waals surface area contributed by atoms with Gasteiger partial charge in [0.25, 0.3) is 0 Å². The van der Waals surface area contributed by atoms with Crippen LogP contribution in [0.2, 0.25) is 0 Å². The lowest BCUT2D eigenvalue weighted by Gasteiger charge is -2.37. The molecule has 0 amide bonds. The van der Waals surface area contributed by atoms with Crippen LogP contribution in [0.25, 0.3) is 0 Å². The molecule has 2 aliphatic carbocycles. The second kappa shape index (κ2) is 3.00. The van der Waals surface area contributed by atoms with Crippen molar-refractivity contribution in [3.63, 3.8) is 0 Å². The van der Waals surface area contributed by atoms with Crippen molar-refractivity contribution in [2.75, 3.05) is 0 Å². The second-order valence-corrected chi connectivity index (χ2v) is 6.15. The van der Waals surface area contributed by atoms with E-state index in [4.69, 9.17) is 0 Å². The third-order valence-corrected chi connectivity index (χ3v) is 5.17. The summed E-state index contributed by atoms with van der Waals surface area (Å²) in [5, 5.41) is 0. The first-order valence-corrected chi connectivity index (χ1v) is 6.04. The van der Waals surface area contributed by atoms with Gasteiger partial charge in [0.1, 0.15) is 0 Å². The molecule has 0 aromatic heterocycles. The fourth-order valence-electron chi connectivity index (χ4n) is 3.51. The molecule has 76 valence electrons. The Morgan fingerprint density at radius 1 is 1.15 bits per heavy atom. The van der Waals surface area contributed by atoms with Crippen molar-refractivity contribution in [3.8, 4) is 0 Å². The average Bonchev–Trinajstić information content (AvgIpc) is 2.43. The highest BCUT2D eigenvalue weighted by Crippen LogP contribution is 2.57. The van der Waals surface area contributed by atoms with Gasteiger partial charge in [-0.25, -0.2) is 0 Å².